The van der Waals surface area contributed by atoms with Crippen LogP contribution >= 0.6 is 22.9 Å². The van der Waals surface area contributed by atoms with E-state index in [1.165, 1.54) is 17.4 Å². The van der Waals surface area contributed by atoms with Gasteiger partial charge in [0, 0.05) is 27.7 Å². The molecule has 0 aliphatic rings. The molecule has 3 nitrogen and oxygen atoms in total. The van der Waals surface area contributed by atoms with E-state index in [2.05, 4.69) is 5.10 Å². The molecule has 3 aromatic rings. The molecule has 2 aromatic heterocycles. The van der Waals surface area contributed by atoms with Crippen LogP contribution in [0.5, 0.6) is 0 Å². The van der Waals surface area contributed by atoms with Crippen molar-refractivity contribution in [1.29, 1.82) is 0 Å². The van der Waals surface area contributed by atoms with Gasteiger partial charge in [-0.1, -0.05) is 17.7 Å². The summed E-state index contributed by atoms with van der Waals surface area (Å²) in [5.74, 6) is -0.221. The average Bonchev–Trinajstić information content (AvgIpc) is 2.95. The van der Waals surface area contributed by atoms with E-state index in [1.54, 1.807) is 23.1 Å². The van der Waals surface area contributed by atoms with E-state index in [4.69, 9.17) is 17.3 Å². The van der Waals surface area contributed by atoms with Gasteiger partial charge in [0.15, 0.2) is 0 Å². The van der Waals surface area contributed by atoms with Gasteiger partial charge in [-0.05, 0) is 17.7 Å². The fourth-order valence-corrected chi connectivity index (χ4v) is 3.40. The summed E-state index contributed by atoms with van der Waals surface area (Å²) in [7, 11) is 0. The molecule has 0 radical (unpaired) electrons. The Morgan fingerprint density at radius 2 is 2.26 bits per heavy atom. The minimum atomic E-state index is -0.221. The minimum Gasteiger partial charge on any atom is -0.326 e. The Morgan fingerprint density at radius 3 is 2.95 bits per heavy atom. The van der Waals surface area contributed by atoms with Crippen LogP contribution in [-0.4, -0.2) is 9.78 Å². The maximum absolute atomic E-state index is 14.0. The van der Waals surface area contributed by atoms with Crippen molar-refractivity contribution < 1.29 is 4.39 Å². The van der Waals surface area contributed by atoms with Crippen molar-refractivity contribution in [2.45, 2.75) is 13.1 Å². The third-order valence-electron chi connectivity index (χ3n) is 2.95. The molecular weight excluding hydrogens is 285 g/mol. The number of hydrogen-bond acceptors (Lipinski definition) is 3. The zero-order valence-corrected chi connectivity index (χ0v) is 11.5. The van der Waals surface area contributed by atoms with E-state index < -0.39 is 0 Å². The van der Waals surface area contributed by atoms with Crippen LogP contribution in [-0.2, 0) is 13.1 Å². The van der Waals surface area contributed by atoms with Gasteiger partial charge in [0.25, 0.3) is 0 Å². The highest BCUT2D eigenvalue weighted by atomic mass is 35.5. The van der Waals surface area contributed by atoms with Crippen molar-refractivity contribution in [2.24, 2.45) is 5.73 Å². The van der Waals surface area contributed by atoms with Gasteiger partial charge in [0.1, 0.15) is 5.82 Å². The van der Waals surface area contributed by atoms with E-state index in [9.17, 15) is 4.39 Å². The highest BCUT2D eigenvalue weighted by Gasteiger charge is 2.15. The third kappa shape index (κ3) is 2.25. The molecule has 0 fully saturated rings. The number of thiophene rings is 1. The first-order valence-corrected chi connectivity index (χ1v) is 6.95. The molecule has 19 heavy (non-hydrogen) atoms. The van der Waals surface area contributed by atoms with E-state index in [0.29, 0.717) is 23.5 Å². The summed E-state index contributed by atoms with van der Waals surface area (Å²) in [5.41, 5.74) is 6.64. The molecule has 98 valence electrons. The molecule has 0 atom stereocenters. The van der Waals surface area contributed by atoms with Crippen LogP contribution in [0.3, 0.4) is 0 Å². The topological polar surface area (TPSA) is 43.8 Å². The van der Waals surface area contributed by atoms with Crippen LogP contribution in [0.25, 0.3) is 10.1 Å². The van der Waals surface area contributed by atoms with Gasteiger partial charge in [0.05, 0.1) is 17.8 Å². The van der Waals surface area contributed by atoms with Crippen molar-refractivity contribution in [2.75, 3.05) is 0 Å². The van der Waals surface area contributed by atoms with Gasteiger partial charge in [-0.3, -0.25) is 4.68 Å². The molecule has 3 rings (SSSR count). The molecule has 1 aromatic carbocycles. The number of aromatic nitrogens is 2. The molecule has 0 saturated carbocycles. The summed E-state index contributed by atoms with van der Waals surface area (Å²) in [4.78, 5) is 0.978. The summed E-state index contributed by atoms with van der Waals surface area (Å²) in [6.07, 6.45) is 3.28. The van der Waals surface area contributed by atoms with Crippen LogP contribution in [0.15, 0.2) is 30.6 Å². The van der Waals surface area contributed by atoms with E-state index in [-0.39, 0.29) is 5.82 Å². The number of nitrogens with zero attached hydrogens (tertiary/aromatic N) is 2. The quantitative estimate of drug-likeness (QED) is 0.805. The zero-order chi connectivity index (χ0) is 13.4. The molecular formula is C13H11ClFN3S. The van der Waals surface area contributed by atoms with Crippen LogP contribution in [0, 0.1) is 5.82 Å². The van der Waals surface area contributed by atoms with Crippen LogP contribution in [0.4, 0.5) is 4.39 Å². The van der Waals surface area contributed by atoms with Gasteiger partial charge in [-0.25, -0.2) is 4.39 Å². The highest BCUT2D eigenvalue weighted by molar-refractivity contribution is 7.19. The second kappa shape index (κ2) is 4.92. The van der Waals surface area contributed by atoms with Gasteiger partial charge in [-0.15, -0.1) is 11.3 Å². The number of fused-ring (bicyclic) bond motifs is 1. The standard InChI is InChI=1S/C13H11ClFN3S/c14-8-5-17-18(6-8)7-9-12(4-16)19-11-3-1-2-10(15)13(9)11/h1-3,5-6H,4,7,16H2. The van der Waals surface area contributed by atoms with Crippen molar-refractivity contribution >= 4 is 33.0 Å². The lowest BCUT2D eigenvalue weighted by Gasteiger charge is -2.04. The van der Waals surface area contributed by atoms with Gasteiger partial charge >= 0.3 is 0 Å². The number of rotatable bonds is 3. The first kappa shape index (κ1) is 12.6. The lowest BCUT2D eigenvalue weighted by Crippen LogP contribution is -2.04. The zero-order valence-electron chi connectivity index (χ0n) is 9.94. The summed E-state index contributed by atoms with van der Waals surface area (Å²) in [5, 5.41) is 5.33. The lowest BCUT2D eigenvalue weighted by molar-refractivity contribution is 0.635. The molecule has 0 aliphatic carbocycles. The van der Waals surface area contributed by atoms with Crippen molar-refractivity contribution in [1.82, 2.24) is 9.78 Å². The Balaban J connectivity index is 2.15. The Morgan fingerprint density at radius 1 is 1.42 bits per heavy atom. The minimum absolute atomic E-state index is 0.221. The summed E-state index contributed by atoms with van der Waals surface area (Å²) in [6.45, 7) is 0.864. The molecule has 0 saturated heterocycles. The first-order valence-electron chi connectivity index (χ1n) is 5.76. The predicted molar refractivity (Wildman–Crippen MR) is 76.0 cm³/mol. The van der Waals surface area contributed by atoms with Crippen molar-refractivity contribution in [3.05, 3.63) is 51.9 Å². The smallest absolute Gasteiger partial charge is 0.132 e. The Kier molecular flexibility index (Phi) is 3.26. The highest BCUT2D eigenvalue weighted by Crippen LogP contribution is 2.33. The molecule has 0 bridgehead atoms. The normalized spacial score (nSPS) is 11.3. The van der Waals surface area contributed by atoms with Crippen molar-refractivity contribution in [3.63, 3.8) is 0 Å². The summed E-state index contributed by atoms with van der Waals surface area (Å²) in [6, 6.07) is 5.08. The Hall–Kier alpha value is -1.43. The second-order valence-electron chi connectivity index (χ2n) is 4.18. The number of hydrogen-bond donors (Lipinski definition) is 1. The maximum Gasteiger partial charge on any atom is 0.132 e. The SMILES string of the molecule is NCc1sc2cccc(F)c2c1Cn1cc(Cl)cn1. The number of halogens is 2. The third-order valence-corrected chi connectivity index (χ3v) is 4.37. The lowest BCUT2D eigenvalue weighted by atomic mass is 10.1. The van der Waals surface area contributed by atoms with Crippen LogP contribution in [0.1, 0.15) is 10.4 Å². The van der Waals surface area contributed by atoms with Gasteiger partial charge in [0.2, 0.25) is 0 Å². The fourth-order valence-electron chi connectivity index (χ4n) is 2.13. The second-order valence-corrected chi connectivity index (χ2v) is 5.75. The molecule has 0 unspecified atom stereocenters. The monoisotopic (exact) mass is 295 g/mol. The maximum atomic E-state index is 14.0. The molecule has 2 heterocycles. The molecule has 0 aliphatic heterocycles. The molecule has 0 spiro atoms. The number of nitrogens with two attached hydrogens (primary N) is 1. The Bertz CT molecular complexity index is 735. The summed E-state index contributed by atoms with van der Waals surface area (Å²) >= 11 is 7.37. The van der Waals surface area contributed by atoms with Gasteiger partial charge < -0.3 is 5.73 Å². The predicted octanol–water partition coefficient (Wildman–Crippen LogP) is 3.40. The molecule has 0 amide bonds. The Labute approximate surface area is 118 Å². The van der Waals surface area contributed by atoms with Crippen LogP contribution < -0.4 is 5.73 Å². The van der Waals surface area contributed by atoms with Crippen molar-refractivity contribution in [3.8, 4) is 0 Å². The van der Waals surface area contributed by atoms with Crippen LogP contribution in [0.2, 0.25) is 5.02 Å². The fraction of sp³-hybridized carbons (Fsp3) is 0.154. The van der Waals surface area contributed by atoms with E-state index in [1.807, 2.05) is 6.07 Å². The first-order chi connectivity index (χ1) is 9.19. The average molecular weight is 296 g/mol. The molecule has 2 N–H and O–H groups in total. The molecule has 6 heteroatoms. The number of benzene rings is 1. The summed E-state index contributed by atoms with van der Waals surface area (Å²) < 4.78 is 16.6. The van der Waals surface area contributed by atoms with E-state index >= 15 is 0 Å². The largest absolute Gasteiger partial charge is 0.326 e. The van der Waals surface area contributed by atoms with Gasteiger partial charge in [-0.2, -0.15) is 5.10 Å². The van der Waals surface area contributed by atoms with E-state index in [0.717, 1.165) is 15.1 Å².